The molecule has 2 aromatic rings. The van der Waals surface area contributed by atoms with Crippen LogP contribution in [0.2, 0.25) is 5.02 Å². The minimum Gasteiger partial charge on any atom is -0.381 e. The number of nitrogens with one attached hydrogen (secondary N) is 1. The molecule has 1 saturated heterocycles. The van der Waals surface area contributed by atoms with E-state index in [-0.39, 0.29) is 24.2 Å². The van der Waals surface area contributed by atoms with Crippen molar-refractivity contribution in [1.82, 2.24) is 10.2 Å². The SMILES string of the molecule is Cl.NC(C(=O)Nc1nnc(-c2ccccc2Cl)s1)C1CCOCC1. The number of nitrogens with zero attached hydrogens (tertiary/aromatic N) is 2. The van der Waals surface area contributed by atoms with Gasteiger partial charge in [-0.25, -0.2) is 0 Å². The molecule has 3 N–H and O–H groups in total. The van der Waals surface area contributed by atoms with Crippen molar-refractivity contribution >= 4 is 46.4 Å². The van der Waals surface area contributed by atoms with Gasteiger partial charge < -0.3 is 10.5 Å². The van der Waals surface area contributed by atoms with E-state index < -0.39 is 6.04 Å². The first kappa shape index (κ1) is 19.1. The number of amides is 1. The molecule has 9 heteroatoms. The highest BCUT2D eigenvalue weighted by Gasteiger charge is 2.27. The largest absolute Gasteiger partial charge is 0.381 e. The van der Waals surface area contributed by atoms with Gasteiger partial charge in [0.25, 0.3) is 0 Å². The maximum Gasteiger partial charge on any atom is 0.243 e. The average Bonchev–Trinajstić information content (AvgIpc) is 3.03. The minimum absolute atomic E-state index is 0. The summed E-state index contributed by atoms with van der Waals surface area (Å²) in [5.74, 6) is -0.0986. The third-order valence-corrected chi connectivity index (χ3v) is 5.04. The Bertz CT molecular complexity index is 692. The van der Waals surface area contributed by atoms with Crippen LogP contribution >= 0.6 is 35.3 Å². The third kappa shape index (κ3) is 4.43. The predicted molar refractivity (Wildman–Crippen MR) is 97.8 cm³/mol. The summed E-state index contributed by atoms with van der Waals surface area (Å²) < 4.78 is 5.29. The minimum atomic E-state index is -0.563. The molecule has 1 fully saturated rings. The number of hydrogen-bond acceptors (Lipinski definition) is 6. The highest BCUT2D eigenvalue weighted by atomic mass is 35.5. The number of carbonyl (C=O) groups is 1. The normalized spacial score (nSPS) is 16.2. The lowest BCUT2D eigenvalue weighted by molar-refractivity contribution is -0.119. The lowest BCUT2D eigenvalue weighted by Gasteiger charge is -2.26. The Labute approximate surface area is 155 Å². The number of aromatic nitrogens is 2. The second-order valence-electron chi connectivity index (χ2n) is 5.36. The molecule has 0 spiro atoms. The molecule has 6 nitrogen and oxygen atoms in total. The topological polar surface area (TPSA) is 90.1 Å². The van der Waals surface area contributed by atoms with Crippen LogP contribution in [0.1, 0.15) is 12.8 Å². The number of anilines is 1. The van der Waals surface area contributed by atoms with E-state index in [0.717, 1.165) is 18.4 Å². The van der Waals surface area contributed by atoms with Gasteiger partial charge in [0.05, 0.1) is 11.1 Å². The maximum atomic E-state index is 12.3. The molecule has 2 heterocycles. The van der Waals surface area contributed by atoms with E-state index in [1.54, 1.807) is 6.07 Å². The van der Waals surface area contributed by atoms with Crippen LogP contribution in [0.4, 0.5) is 5.13 Å². The molecule has 1 atom stereocenters. The van der Waals surface area contributed by atoms with Crippen molar-refractivity contribution in [3.05, 3.63) is 29.3 Å². The van der Waals surface area contributed by atoms with Crippen LogP contribution in [-0.4, -0.2) is 35.4 Å². The first-order valence-electron chi connectivity index (χ1n) is 7.38. The lowest BCUT2D eigenvalue weighted by Crippen LogP contribution is -2.43. The molecule has 1 aliphatic heterocycles. The number of rotatable bonds is 4. The Kier molecular flexibility index (Phi) is 6.94. The second kappa shape index (κ2) is 8.73. The van der Waals surface area contributed by atoms with Gasteiger partial charge in [0, 0.05) is 18.8 Å². The summed E-state index contributed by atoms with van der Waals surface area (Å²) in [7, 11) is 0. The fourth-order valence-corrected chi connectivity index (χ4v) is 3.56. The molecule has 130 valence electrons. The molecule has 0 aliphatic carbocycles. The monoisotopic (exact) mass is 388 g/mol. The number of ether oxygens (including phenoxy) is 1. The van der Waals surface area contributed by atoms with E-state index in [0.29, 0.717) is 28.4 Å². The Morgan fingerprint density at radius 2 is 2.04 bits per heavy atom. The van der Waals surface area contributed by atoms with Gasteiger partial charge in [0.15, 0.2) is 5.01 Å². The number of nitrogens with two attached hydrogens (primary N) is 1. The van der Waals surface area contributed by atoms with Crippen molar-refractivity contribution in [3.63, 3.8) is 0 Å². The Balaban J connectivity index is 0.00000208. The van der Waals surface area contributed by atoms with E-state index >= 15 is 0 Å². The van der Waals surface area contributed by atoms with Crippen LogP contribution in [0.3, 0.4) is 0 Å². The number of halogens is 2. The standard InChI is InChI=1S/C15H17ClN4O2S.ClH/c16-11-4-2-1-3-10(11)14-19-20-15(23-14)18-13(21)12(17)9-5-7-22-8-6-9;/h1-4,9,12H,5-8,17H2,(H,18,20,21);1H. The molecule has 1 amide bonds. The first-order valence-corrected chi connectivity index (χ1v) is 8.57. The molecule has 1 unspecified atom stereocenters. The van der Waals surface area contributed by atoms with E-state index in [1.165, 1.54) is 11.3 Å². The van der Waals surface area contributed by atoms with E-state index in [1.807, 2.05) is 18.2 Å². The Morgan fingerprint density at radius 3 is 2.75 bits per heavy atom. The van der Waals surface area contributed by atoms with Gasteiger partial charge in [-0.2, -0.15) is 0 Å². The van der Waals surface area contributed by atoms with Crippen LogP contribution in [-0.2, 0) is 9.53 Å². The van der Waals surface area contributed by atoms with Crippen molar-refractivity contribution < 1.29 is 9.53 Å². The summed E-state index contributed by atoms with van der Waals surface area (Å²) in [6.45, 7) is 1.31. The summed E-state index contributed by atoms with van der Waals surface area (Å²) >= 11 is 7.42. The summed E-state index contributed by atoms with van der Waals surface area (Å²) in [5.41, 5.74) is 6.84. The van der Waals surface area contributed by atoms with Gasteiger partial charge in [0.1, 0.15) is 0 Å². The fourth-order valence-electron chi connectivity index (χ4n) is 2.49. The molecule has 24 heavy (non-hydrogen) atoms. The van der Waals surface area contributed by atoms with Crippen molar-refractivity contribution in [2.75, 3.05) is 18.5 Å². The van der Waals surface area contributed by atoms with Gasteiger partial charge in [-0.3, -0.25) is 10.1 Å². The number of carbonyl (C=O) groups excluding carboxylic acids is 1. The second-order valence-corrected chi connectivity index (χ2v) is 6.74. The molecule has 1 aromatic heterocycles. The summed E-state index contributed by atoms with van der Waals surface area (Å²) in [5, 5.41) is 12.5. The zero-order valence-corrected chi connectivity index (χ0v) is 15.2. The van der Waals surface area contributed by atoms with E-state index in [9.17, 15) is 4.79 Å². The molecule has 1 aromatic carbocycles. The van der Waals surface area contributed by atoms with Crippen LogP contribution in [0, 0.1) is 5.92 Å². The molecule has 0 radical (unpaired) electrons. The summed E-state index contributed by atoms with van der Waals surface area (Å²) in [4.78, 5) is 12.3. The van der Waals surface area contributed by atoms with Crippen molar-refractivity contribution in [2.24, 2.45) is 11.7 Å². The van der Waals surface area contributed by atoms with Crippen LogP contribution in [0.5, 0.6) is 0 Å². The van der Waals surface area contributed by atoms with Gasteiger partial charge >= 0.3 is 0 Å². The summed E-state index contributed by atoms with van der Waals surface area (Å²) in [6.07, 6.45) is 1.60. The van der Waals surface area contributed by atoms with Crippen LogP contribution in [0.25, 0.3) is 10.6 Å². The van der Waals surface area contributed by atoms with Crippen molar-refractivity contribution in [2.45, 2.75) is 18.9 Å². The highest BCUT2D eigenvalue weighted by molar-refractivity contribution is 7.18. The fraction of sp³-hybridized carbons (Fsp3) is 0.400. The van der Waals surface area contributed by atoms with Crippen LogP contribution in [0.15, 0.2) is 24.3 Å². The Hall–Kier alpha value is -1.25. The number of benzene rings is 1. The maximum absolute atomic E-state index is 12.3. The Morgan fingerprint density at radius 1 is 1.33 bits per heavy atom. The van der Waals surface area contributed by atoms with Gasteiger partial charge in [-0.1, -0.05) is 41.1 Å². The number of hydrogen-bond donors (Lipinski definition) is 2. The van der Waals surface area contributed by atoms with E-state index in [4.69, 9.17) is 22.1 Å². The van der Waals surface area contributed by atoms with Crippen LogP contribution < -0.4 is 11.1 Å². The zero-order chi connectivity index (χ0) is 16.2. The quantitative estimate of drug-likeness (QED) is 0.839. The summed E-state index contributed by atoms with van der Waals surface area (Å²) in [6, 6.07) is 6.82. The molecular formula is C15H18Cl2N4O2S. The zero-order valence-electron chi connectivity index (χ0n) is 12.8. The lowest BCUT2D eigenvalue weighted by atomic mass is 9.92. The van der Waals surface area contributed by atoms with E-state index in [2.05, 4.69) is 15.5 Å². The molecular weight excluding hydrogens is 371 g/mol. The first-order chi connectivity index (χ1) is 11.1. The van der Waals surface area contributed by atoms with Gasteiger partial charge in [-0.05, 0) is 24.8 Å². The highest BCUT2D eigenvalue weighted by Crippen LogP contribution is 2.31. The van der Waals surface area contributed by atoms with Crippen molar-refractivity contribution in [1.29, 1.82) is 0 Å². The molecule has 3 rings (SSSR count). The van der Waals surface area contributed by atoms with Gasteiger partial charge in [-0.15, -0.1) is 22.6 Å². The molecule has 1 aliphatic rings. The van der Waals surface area contributed by atoms with Crippen molar-refractivity contribution in [3.8, 4) is 10.6 Å². The molecule has 0 saturated carbocycles. The smallest absolute Gasteiger partial charge is 0.243 e. The predicted octanol–water partition coefficient (Wildman–Crippen LogP) is 2.97. The average molecular weight is 389 g/mol. The third-order valence-electron chi connectivity index (χ3n) is 3.84. The van der Waals surface area contributed by atoms with Gasteiger partial charge in [0.2, 0.25) is 11.0 Å². The molecule has 0 bridgehead atoms.